The molecule has 0 heterocycles. The van der Waals surface area contributed by atoms with Gasteiger partial charge >= 0.3 is 11.9 Å². The topological polar surface area (TPSA) is 208 Å². The molecule has 0 aliphatic heterocycles. The number of carbonyl (C=O) groups is 5. The molecule has 0 fully saturated rings. The third-order valence-electron chi connectivity index (χ3n) is 4.43. The standard InChI is InChI=1S/C17H30N4O8S/c1-4-7(2)12(18)15(26)19-9(5-11(23)24)14(25)21-13(8(3)22)16(27)20-10(6-30)17(28)29/h7-10,12-13,22,30H,4-6,18H2,1-3H3,(H,19,26)(H,20,27)(H,21,25)(H,23,24)(H,28,29). The fraction of sp³-hybridized carbons (Fsp3) is 0.706. The van der Waals surface area contributed by atoms with Gasteiger partial charge in [0, 0.05) is 5.75 Å². The lowest BCUT2D eigenvalue weighted by Gasteiger charge is -2.26. The van der Waals surface area contributed by atoms with Gasteiger partial charge in [0.15, 0.2) is 0 Å². The van der Waals surface area contributed by atoms with Crippen LogP contribution in [-0.4, -0.2) is 81.0 Å². The second-order valence-corrected chi connectivity index (χ2v) is 7.24. The molecular weight excluding hydrogens is 420 g/mol. The Morgan fingerprint density at radius 1 is 0.933 bits per heavy atom. The average Bonchev–Trinajstić information content (AvgIpc) is 2.66. The smallest absolute Gasteiger partial charge is 0.327 e. The SMILES string of the molecule is CCC(C)C(N)C(=O)NC(CC(=O)O)C(=O)NC(C(=O)NC(CS)C(=O)O)C(C)O. The average molecular weight is 451 g/mol. The third kappa shape index (κ3) is 8.97. The maximum Gasteiger partial charge on any atom is 0.327 e. The largest absolute Gasteiger partial charge is 0.481 e. The van der Waals surface area contributed by atoms with Crippen LogP contribution in [0.15, 0.2) is 0 Å². The normalized spacial score (nSPS) is 16.9. The predicted octanol–water partition coefficient (Wildman–Crippen LogP) is -2.32. The third-order valence-corrected chi connectivity index (χ3v) is 4.80. The maximum atomic E-state index is 12.5. The maximum absolute atomic E-state index is 12.5. The number of nitrogens with two attached hydrogens (primary N) is 1. The van der Waals surface area contributed by atoms with Gasteiger partial charge in [-0.25, -0.2) is 4.79 Å². The minimum absolute atomic E-state index is 0.233. The van der Waals surface area contributed by atoms with Crippen LogP contribution in [-0.2, 0) is 24.0 Å². The van der Waals surface area contributed by atoms with Gasteiger partial charge in [-0.2, -0.15) is 12.6 Å². The number of aliphatic hydroxyl groups excluding tert-OH is 1. The van der Waals surface area contributed by atoms with Gasteiger partial charge in [-0.05, 0) is 12.8 Å². The number of hydrogen-bond acceptors (Lipinski definition) is 8. The number of carboxylic acid groups (broad SMARTS) is 2. The molecule has 172 valence electrons. The molecule has 0 saturated carbocycles. The molecule has 0 radical (unpaired) electrons. The molecule has 13 heteroatoms. The lowest BCUT2D eigenvalue weighted by molar-refractivity contribution is -0.143. The van der Waals surface area contributed by atoms with Crippen LogP contribution in [0.2, 0.25) is 0 Å². The van der Waals surface area contributed by atoms with Crippen molar-refractivity contribution in [1.82, 2.24) is 16.0 Å². The van der Waals surface area contributed by atoms with Crippen LogP contribution in [0.5, 0.6) is 0 Å². The Balaban J connectivity index is 5.40. The van der Waals surface area contributed by atoms with E-state index in [4.69, 9.17) is 15.9 Å². The molecule has 3 amide bonds. The fourth-order valence-electron chi connectivity index (χ4n) is 2.27. The van der Waals surface area contributed by atoms with Crippen molar-refractivity contribution in [2.75, 3.05) is 5.75 Å². The van der Waals surface area contributed by atoms with Gasteiger partial charge in [-0.15, -0.1) is 0 Å². The summed E-state index contributed by atoms with van der Waals surface area (Å²) < 4.78 is 0. The van der Waals surface area contributed by atoms with Crippen molar-refractivity contribution in [3.05, 3.63) is 0 Å². The minimum atomic E-state index is -1.60. The van der Waals surface area contributed by atoms with Crippen molar-refractivity contribution in [1.29, 1.82) is 0 Å². The molecular formula is C17H30N4O8S. The number of thiol groups is 1. The second kappa shape index (κ2) is 13.0. The van der Waals surface area contributed by atoms with Crippen molar-refractivity contribution >= 4 is 42.3 Å². The number of rotatable bonds is 13. The summed E-state index contributed by atoms with van der Waals surface area (Å²) in [4.78, 5) is 59.2. The van der Waals surface area contributed by atoms with Gasteiger partial charge in [0.2, 0.25) is 17.7 Å². The molecule has 0 aromatic rings. The Hall–Kier alpha value is -2.38. The van der Waals surface area contributed by atoms with Crippen molar-refractivity contribution in [2.24, 2.45) is 11.7 Å². The zero-order chi connectivity index (χ0) is 23.6. The lowest BCUT2D eigenvalue weighted by Crippen LogP contribution is -2.60. The molecule has 12 nitrogen and oxygen atoms in total. The zero-order valence-corrected chi connectivity index (χ0v) is 17.9. The van der Waals surface area contributed by atoms with E-state index in [0.29, 0.717) is 6.42 Å². The van der Waals surface area contributed by atoms with Crippen LogP contribution in [0.1, 0.15) is 33.6 Å². The van der Waals surface area contributed by atoms with Gasteiger partial charge in [0.25, 0.3) is 0 Å². The van der Waals surface area contributed by atoms with Crippen LogP contribution >= 0.6 is 12.6 Å². The van der Waals surface area contributed by atoms with E-state index in [2.05, 4.69) is 28.6 Å². The van der Waals surface area contributed by atoms with Gasteiger partial charge < -0.3 is 37.0 Å². The zero-order valence-electron chi connectivity index (χ0n) is 17.0. The summed E-state index contributed by atoms with van der Waals surface area (Å²) in [6.07, 6.45) is -1.68. The number of hydrogen-bond donors (Lipinski definition) is 8. The van der Waals surface area contributed by atoms with Crippen LogP contribution in [0.3, 0.4) is 0 Å². The first kappa shape index (κ1) is 27.6. The molecule has 6 unspecified atom stereocenters. The number of aliphatic carboxylic acids is 2. The molecule has 0 aliphatic carbocycles. The fourth-order valence-corrected chi connectivity index (χ4v) is 2.52. The van der Waals surface area contributed by atoms with Crippen LogP contribution < -0.4 is 21.7 Å². The highest BCUT2D eigenvalue weighted by Gasteiger charge is 2.33. The van der Waals surface area contributed by atoms with Gasteiger partial charge in [0.05, 0.1) is 18.6 Å². The predicted molar refractivity (Wildman–Crippen MR) is 109 cm³/mol. The molecule has 0 spiro atoms. The van der Waals surface area contributed by atoms with E-state index in [1.54, 1.807) is 13.8 Å². The number of aliphatic hydroxyl groups is 1. The summed E-state index contributed by atoms with van der Waals surface area (Å²) in [5, 5.41) is 34.3. The molecule has 0 aromatic heterocycles. The molecule has 0 saturated heterocycles. The molecule has 6 atom stereocenters. The van der Waals surface area contributed by atoms with E-state index in [1.807, 2.05) is 0 Å². The summed E-state index contributed by atoms with van der Waals surface area (Å²) in [6, 6.07) is -5.53. The summed E-state index contributed by atoms with van der Waals surface area (Å²) in [7, 11) is 0. The van der Waals surface area contributed by atoms with Crippen molar-refractivity contribution in [3.8, 4) is 0 Å². The highest BCUT2D eigenvalue weighted by Crippen LogP contribution is 2.07. The summed E-state index contributed by atoms with van der Waals surface area (Å²) in [5.74, 6) is -6.06. The Labute approximate surface area is 179 Å². The molecule has 0 aromatic carbocycles. The van der Waals surface area contributed by atoms with Crippen molar-refractivity contribution in [2.45, 2.75) is 63.9 Å². The molecule has 0 bridgehead atoms. The van der Waals surface area contributed by atoms with Crippen LogP contribution in [0, 0.1) is 5.92 Å². The highest BCUT2D eigenvalue weighted by atomic mass is 32.1. The number of nitrogens with one attached hydrogen (secondary N) is 3. The summed E-state index contributed by atoms with van der Waals surface area (Å²) >= 11 is 3.80. The first-order valence-corrected chi connectivity index (χ1v) is 9.89. The van der Waals surface area contributed by atoms with E-state index in [9.17, 15) is 29.1 Å². The quantitative estimate of drug-likeness (QED) is 0.141. The van der Waals surface area contributed by atoms with E-state index < -0.39 is 66.4 Å². The van der Waals surface area contributed by atoms with Crippen molar-refractivity contribution < 1.29 is 39.3 Å². The molecule has 0 aliphatic rings. The minimum Gasteiger partial charge on any atom is -0.481 e. The van der Waals surface area contributed by atoms with E-state index in [-0.39, 0.29) is 11.7 Å². The molecule has 30 heavy (non-hydrogen) atoms. The molecule has 0 rings (SSSR count). The van der Waals surface area contributed by atoms with E-state index >= 15 is 0 Å². The molecule has 8 N–H and O–H groups in total. The summed E-state index contributed by atoms with van der Waals surface area (Å²) in [6.45, 7) is 4.69. The van der Waals surface area contributed by atoms with Gasteiger partial charge in [-0.3, -0.25) is 19.2 Å². The van der Waals surface area contributed by atoms with Crippen molar-refractivity contribution in [3.63, 3.8) is 0 Å². The van der Waals surface area contributed by atoms with E-state index in [1.165, 1.54) is 6.92 Å². The number of carbonyl (C=O) groups excluding carboxylic acids is 3. The second-order valence-electron chi connectivity index (χ2n) is 6.88. The van der Waals surface area contributed by atoms with Gasteiger partial charge in [0.1, 0.15) is 18.1 Å². The Kier molecular flexibility index (Phi) is 12.0. The Bertz CT molecular complexity index is 645. The summed E-state index contributed by atoms with van der Waals surface area (Å²) in [5.41, 5.74) is 5.79. The van der Waals surface area contributed by atoms with Crippen LogP contribution in [0.4, 0.5) is 0 Å². The Morgan fingerprint density at radius 2 is 1.47 bits per heavy atom. The van der Waals surface area contributed by atoms with Crippen LogP contribution in [0.25, 0.3) is 0 Å². The van der Waals surface area contributed by atoms with E-state index in [0.717, 1.165) is 0 Å². The van der Waals surface area contributed by atoms with Gasteiger partial charge in [-0.1, -0.05) is 20.3 Å². The monoisotopic (exact) mass is 450 g/mol. The first-order valence-electron chi connectivity index (χ1n) is 9.25. The Morgan fingerprint density at radius 3 is 1.87 bits per heavy atom. The highest BCUT2D eigenvalue weighted by molar-refractivity contribution is 7.80. The lowest BCUT2D eigenvalue weighted by atomic mass is 9.99. The number of amides is 3. The first-order chi connectivity index (χ1) is 13.8. The number of carboxylic acids is 2.